The molecule has 1 aliphatic rings. The average molecular weight is 227 g/mol. The summed E-state index contributed by atoms with van der Waals surface area (Å²) < 4.78 is 5.57. The smallest absolute Gasteiger partial charge is 0.219 e. The van der Waals surface area contributed by atoms with Crippen molar-refractivity contribution in [3.63, 3.8) is 0 Å². The third-order valence-corrected chi connectivity index (χ3v) is 2.98. The first-order valence-electron chi connectivity index (χ1n) is 5.77. The molecule has 1 aromatic heterocycles. The zero-order chi connectivity index (χ0) is 11.7. The fraction of sp³-hybridized carbons (Fsp3) is 0.214. The Bertz CT molecular complexity index is 552. The summed E-state index contributed by atoms with van der Waals surface area (Å²) in [4.78, 5) is 4.46. The third-order valence-electron chi connectivity index (χ3n) is 2.98. The van der Waals surface area contributed by atoms with Crippen molar-refractivity contribution in [1.29, 1.82) is 0 Å². The van der Waals surface area contributed by atoms with Gasteiger partial charge in [0.05, 0.1) is 0 Å². The van der Waals surface area contributed by atoms with Crippen molar-refractivity contribution < 1.29 is 9.84 Å². The largest absolute Gasteiger partial charge is 0.504 e. The van der Waals surface area contributed by atoms with Crippen LogP contribution >= 0.6 is 0 Å². The van der Waals surface area contributed by atoms with Crippen LogP contribution in [-0.4, -0.2) is 10.1 Å². The highest BCUT2D eigenvalue weighted by Crippen LogP contribution is 2.30. The summed E-state index contributed by atoms with van der Waals surface area (Å²) in [6.45, 7) is 0. The molecule has 3 rings (SSSR count). The molecular weight excluding hydrogens is 214 g/mol. The first-order valence-corrected chi connectivity index (χ1v) is 5.77. The Balaban J connectivity index is 1.89. The second kappa shape index (κ2) is 4.09. The molecule has 1 aromatic carbocycles. The van der Waals surface area contributed by atoms with Gasteiger partial charge in [-0.3, -0.25) is 0 Å². The molecule has 0 unspecified atom stereocenters. The van der Waals surface area contributed by atoms with E-state index in [1.54, 1.807) is 18.2 Å². The van der Waals surface area contributed by atoms with Crippen LogP contribution < -0.4 is 4.74 Å². The van der Waals surface area contributed by atoms with Gasteiger partial charge in [-0.2, -0.15) is 0 Å². The van der Waals surface area contributed by atoms with Gasteiger partial charge in [0.2, 0.25) is 5.88 Å². The summed E-state index contributed by atoms with van der Waals surface area (Å²) in [5, 5.41) is 9.61. The highest BCUT2D eigenvalue weighted by Gasteiger charge is 2.13. The monoisotopic (exact) mass is 227 g/mol. The maximum absolute atomic E-state index is 9.61. The van der Waals surface area contributed by atoms with Crippen molar-refractivity contribution >= 4 is 0 Å². The van der Waals surface area contributed by atoms with Crippen LogP contribution in [0.3, 0.4) is 0 Å². The Morgan fingerprint density at radius 2 is 1.94 bits per heavy atom. The maximum Gasteiger partial charge on any atom is 0.219 e. The van der Waals surface area contributed by atoms with Crippen molar-refractivity contribution in [3.8, 4) is 17.4 Å². The number of aryl methyl sites for hydroxylation is 2. The summed E-state index contributed by atoms with van der Waals surface area (Å²) in [7, 11) is 0. The Labute approximate surface area is 99.7 Å². The Morgan fingerprint density at radius 1 is 1.06 bits per heavy atom. The second-order valence-electron chi connectivity index (χ2n) is 4.18. The minimum absolute atomic E-state index is 0.134. The van der Waals surface area contributed by atoms with Crippen LogP contribution in [0, 0.1) is 0 Å². The number of aromatic hydroxyl groups is 1. The number of fused-ring (bicyclic) bond motifs is 1. The molecule has 0 saturated heterocycles. The number of nitrogens with zero attached hydrogens (tertiary/aromatic N) is 1. The number of pyridine rings is 1. The molecule has 1 aliphatic carbocycles. The Morgan fingerprint density at radius 3 is 2.82 bits per heavy atom. The molecule has 1 N–H and O–H groups in total. The molecule has 0 atom stereocenters. The first kappa shape index (κ1) is 10.1. The number of hydrogen-bond acceptors (Lipinski definition) is 3. The zero-order valence-electron chi connectivity index (χ0n) is 9.39. The number of phenols is 1. The van der Waals surface area contributed by atoms with E-state index >= 15 is 0 Å². The van der Waals surface area contributed by atoms with Crippen LogP contribution in [0.5, 0.6) is 17.4 Å². The van der Waals surface area contributed by atoms with Crippen molar-refractivity contribution in [3.05, 3.63) is 47.7 Å². The molecular formula is C14H13NO2. The number of ether oxygens (including phenoxy) is 1. The number of phenolic OH excluding ortho intramolecular Hbond substituents is 1. The number of benzene rings is 1. The molecule has 0 aliphatic heterocycles. The standard InChI is InChI=1S/C14H13NO2/c16-12-6-1-2-7-13(12)17-14-9-8-10-4-3-5-11(10)15-14/h1-2,6-9,16H,3-5H2. The lowest BCUT2D eigenvalue weighted by atomic mass is 10.2. The fourth-order valence-corrected chi connectivity index (χ4v) is 2.11. The van der Waals surface area contributed by atoms with Crippen molar-refractivity contribution in [2.45, 2.75) is 19.3 Å². The van der Waals surface area contributed by atoms with Crippen LogP contribution in [0.4, 0.5) is 0 Å². The summed E-state index contributed by atoms with van der Waals surface area (Å²) in [6.07, 6.45) is 3.30. The molecule has 0 bridgehead atoms. The lowest BCUT2D eigenvalue weighted by Crippen LogP contribution is -1.93. The average Bonchev–Trinajstić information content (AvgIpc) is 2.79. The molecule has 17 heavy (non-hydrogen) atoms. The second-order valence-corrected chi connectivity index (χ2v) is 4.18. The van der Waals surface area contributed by atoms with Gasteiger partial charge in [-0.15, -0.1) is 0 Å². The van der Waals surface area contributed by atoms with Gasteiger partial charge in [0.15, 0.2) is 11.5 Å². The van der Waals surface area contributed by atoms with Crippen LogP contribution in [0.25, 0.3) is 0 Å². The van der Waals surface area contributed by atoms with Crippen molar-refractivity contribution in [2.24, 2.45) is 0 Å². The van der Waals surface area contributed by atoms with Gasteiger partial charge in [0.1, 0.15) is 0 Å². The topological polar surface area (TPSA) is 42.4 Å². The molecule has 86 valence electrons. The van der Waals surface area contributed by atoms with E-state index in [1.165, 1.54) is 12.0 Å². The number of rotatable bonds is 2. The number of aromatic nitrogens is 1. The molecule has 0 saturated carbocycles. The van der Waals surface area contributed by atoms with Gasteiger partial charge in [0, 0.05) is 11.8 Å². The van der Waals surface area contributed by atoms with Crippen LogP contribution in [-0.2, 0) is 12.8 Å². The van der Waals surface area contributed by atoms with E-state index in [0.717, 1.165) is 18.5 Å². The van der Waals surface area contributed by atoms with E-state index in [0.29, 0.717) is 11.6 Å². The fourth-order valence-electron chi connectivity index (χ4n) is 2.11. The summed E-state index contributed by atoms with van der Waals surface area (Å²) >= 11 is 0. The SMILES string of the molecule is Oc1ccccc1Oc1ccc2c(n1)CCC2. The minimum atomic E-state index is 0.134. The van der Waals surface area contributed by atoms with Gasteiger partial charge in [-0.1, -0.05) is 18.2 Å². The highest BCUT2D eigenvalue weighted by molar-refractivity contribution is 5.41. The van der Waals surface area contributed by atoms with Gasteiger partial charge in [-0.05, 0) is 37.0 Å². The lowest BCUT2D eigenvalue weighted by Gasteiger charge is -2.07. The molecule has 0 amide bonds. The van der Waals surface area contributed by atoms with Crippen molar-refractivity contribution in [1.82, 2.24) is 4.98 Å². The number of para-hydroxylation sites is 2. The lowest BCUT2D eigenvalue weighted by molar-refractivity contribution is 0.402. The molecule has 3 nitrogen and oxygen atoms in total. The van der Waals surface area contributed by atoms with E-state index < -0.39 is 0 Å². The van der Waals surface area contributed by atoms with Crippen LogP contribution in [0.2, 0.25) is 0 Å². The van der Waals surface area contributed by atoms with Crippen LogP contribution in [0.15, 0.2) is 36.4 Å². The summed E-state index contributed by atoms with van der Waals surface area (Å²) in [6, 6.07) is 10.8. The molecule has 2 aromatic rings. The quantitative estimate of drug-likeness (QED) is 0.857. The Kier molecular flexibility index (Phi) is 2.44. The van der Waals surface area contributed by atoms with Gasteiger partial charge < -0.3 is 9.84 Å². The van der Waals surface area contributed by atoms with Gasteiger partial charge >= 0.3 is 0 Å². The molecule has 0 radical (unpaired) electrons. The van der Waals surface area contributed by atoms with Gasteiger partial charge in [0.25, 0.3) is 0 Å². The molecule has 0 fully saturated rings. The zero-order valence-corrected chi connectivity index (χ0v) is 9.39. The molecule has 3 heteroatoms. The van der Waals surface area contributed by atoms with E-state index in [4.69, 9.17) is 4.74 Å². The van der Waals surface area contributed by atoms with E-state index in [9.17, 15) is 5.11 Å². The maximum atomic E-state index is 9.61. The van der Waals surface area contributed by atoms with Crippen LogP contribution in [0.1, 0.15) is 17.7 Å². The normalized spacial score (nSPS) is 13.4. The summed E-state index contributed by atoms with van der Waals surface area (Å²) in [5.41, 5.74) is 2.44. The van der Waals surface area contributed by atoms with Crippen molar-refractivity contribution in [2.75, 3.05) is 0 Å². The summed E-state index contributed by atoms with van der Waals surface area (Å²) in [5.74, 6) is 1.12. The predicted molar refractivity (Wildman–Crippen MR) is 64.4 cm³/mol. The van der Waals surface area contributed by atoms with E-state index in [-0.39, 0.29) is 5.75 Å². The molecule has 0 spiro atoms. The number of hydrogen-bond donors (Lipinski definition) is 1. The minimum Gasteiger partial charge on any atom is -0.504 e. The molecule has 1 heterocycles. The van der Waals surface area contributed by atoms with E-state index in [2.05, 4.69) is 11.1 Å². The first-order chi connectivity index (χ1) is 8.33. The van der Waals surface area contributed by atoms with Gasteiger partial charge in [-0.25, -0.2) is 4.98 Å². The van der Waals surface area contributed by atoms with E-state index in [1.807, 2.05) is 12.1 Å². The Hall–Kier alpha value is -2.03. The third kappa shape index (κ3) is 1.96. The predicted octanol–water partition coefficient (Wildman–Crippen LogP) is 3.07. The highest BCUT2D eigenvalue weighted by atomic mass is 16.5.